The summed E-state index contributed by atoms with van der Waals surface area (Å²) < 4.78 is 1.81. The van der Waals surface area contributed by atoms with E-state index in [0.29, 0.717) is 11.6 Å². The van der Waals surface area contributed by atoms with Crippen molar-refractivity contribution in [2.24, 2.45) is 0 Å². The summed E-state index contributed by atoms with van der Waals surface area (Å²) in [5.74, 6) is 0.791. The van der Waals surface area contributed by atoms with E-state index in [9.17, 15) is 4.79 Å². The average molecular weight is 507 g/mol. The van der Waals surface area contributed by atoms with Crippen LogP contribution >= 0.6 is 22.9 Å². The topological polar surface area (TPSA) is 95.8 Å². The molecule has 0 spiro atoms. The maximum Gasteiger partial charge on any atom is 0.242 e. The molecule has 5 heterocycles. The highest BCUT2D eigenvalue weighted by atomic mass is 35.5. The molecule has 9 nitrogen and oxygen atoms in total. The summed E-state index contributed by atoms with van der Waals surface area (Å²) in [6, 6.07) is 7.67. The van der Waals surface area contributed by atoms with Gasteiger partial charge < -0.3 is 19.4 Å². The number of nitrogens with zero attached hydrogens (tertiary/aromatic N) is 7. The van der Waals surface area contributed by atoms with Crippen LogP contribution in [0.4, 0.5) is 5.00 Å². The highest BCUT2D eigenvalue weighted by molar-refractivity contribution is 7.14. The van der Waals surface area contributed by atoms with Crippen LogP contribution < -0.4 is 4.90 Å². The number of benzene rings is 1. The first kappa shape index (κ1) is 22.0. The third-order valence-electron chi connectivity index (χ3n) is 6.45. The van der Waals surface area contributed by atoms with Gasteiger partial charge >= 0.3 is 0 Å². The molecule has 11 heteroatoms. The number of halogens is 1. The normalized spacial score (nSPS) is 16.5. The second kappa shape index (κ2) is 8.62. The number of carbonyl (C=O) groups is 1. The maximum absolute atomic E-state index is 13.2. The lowest BCUT2D eigenvalue weighted by Crippen LogP contribution is -2.54. The Morgan fingerprint density at radius 2 is 2.11 bits per heavy atom. The molecule has 1 unspecified atom stereocenters. The number of pyridine rings is 1. The fraction of sp³-hybridized carbons (Fsp3) is 0.292. The quantitative estimate of drug-likeness (QED) is 0.394. The molecular formula is C24H23ClN8OS. The number of rotatable bonds is 4. The molecule has 1 atom stereocenters. The number of piperazine rings is 1. The van der Waals surface area contributed by atoms with Crippen LogP contribution in [0.5, 0.6) is 0 Å². The Bertz CT molecular complexity index is 1520. The first-order valence-corrected chi connectivity index (χ1v) is 12.6. The molecule has 0 saturated carbocycles. The summed E-state index contributed by atoms with van der Waals surface area (Å²) in [4.78, 5) is 38.8. The number of aryl methyl sites for hydroxylation is 1. The minimum atomic E-state index is 0.0473. The van der Waals surface area contributed by atoms with E-state index < -0.39 is 0 Å². The molecular weight excluding hydrogens is 484 g/mol. The van der Waals surface area contributed by atoms with E-state index in [2.05, 4.69) is 31.8 Å². The SMILES string of the molecule is Cc1cc2[nH]c(-c3ncsc3N3CCN(C(=O)Cn4cnc5cccnc54)C(C)C3)nc2cc1Cl. The lowest BCUT2D eigenvalue weighted by molar-refractivity contribution is -0.134. The number of hydrogen-bond acceptors (Lipinski definition) is 7. The molecule has 1 aliphatic heterocycles. The number of thiazole rings is 1. The molecule has 4 aromatic heterocycles. The van der Waals surface area contributed by atoms with Crippen LogP contribution in [-0.2, 0) is 11.3 Å². The molecule has 1 saturated heterocycles. The van der Waals surface area contributed by atoms with Gasteiger partial charge in [0.1, 0.15) is 22.8 Å². The van der Waals surface area contributed by atoms with Gasteiger partial charge in [0.2, 0.25) is 5.91 Å². The van der Waals surface area contributed by atoms with Gasteiger partial charge in [-0.1, -0.05) is 11.6 Å². The van der Waals surface area contributed by atoms with Gasteiger partial charge in [0.25, 0.3) is 0 Å². The number of aromatic nitrogens is 6. The lowest BCUT2D eigenvalue weighted by Gasteiger charge is -2.40. The monoisotopic (exact) mass is 506 g/mol. The van der Waals surface area contributed by atoms with Gasteiger partial charge in [-0.25, -0.2) is 19.9 Å². The van der Waals surface area contributed by atoms with Gasteiger partial charge in [0.15, 0.2) is 11.5 Å². The number of amides is 1. The fourth-order valence-electron chi connectivity index (χ4n) is 4.64. The smallest absolute Gasteiger partial charge is 0.242 e. The zero-order valence-electron chi connectivity index (χ0n) is 19.3. The number of nitrogens with one attached hydrogen (secondary N) is 1. The van der Waals surface area contributed by atoms with E-state index in [1.54, 1.807) is 23.9 Å². The number of carbonyl (C=O) groups excluding carboxylic acids is 1. The van der Waals surface area contributed by atoms with Crippen LogP contribution in [0.3, 0.4) is 0 Å². The van der Waals surface area contributed by atoms with E-state index >= 15 is 0 Å². The Labute approximate surface area is 210 Å². The van der Waals surface area contributed by atoms with Gasteiger partial charge in [-0.05, 0) is 43.7 Å². The van der Waals surface area contributed by atoms with Gasteiger partial charge in [-0.15, -0.1) is 11.3 Å². The molecule has 1 N–H and O–H groups in total. The first-order valence-electron chi connectivity index (χ1n) is 11.4. The van der Waals surface area contributed by atoms with Crippen molar-refractivity contribution in [3.8, 4) is 11.5 Å². The van der Waals surface area contributed by atoms with Gasteiger partial charge in [-0.3, -0.25) is 4.79 Å². The third kappa shape index (κ3) is 3.92. The molecule has 1 aromatic carbocycles. The summed E-state index contributed by atoms with van der Waals surface area (Å²) in [6.45, 7) is 6.36. The number of fused-ring (bicyclic) bond motifs is 2. The molecule has 0 radical (unpaired) electrons. The summed E-state index contributed by atoms with van der Waals surface area (Å²) >= 11 is 7.88. The number of hydrogen-bond donors (Lipinski definition) is 1. The number of aromatic amines is 1. The van der Waals surface area contributed by atoms with E-state index in [-0.39, 0.29) is 18.5 Å². The Kier molecular flexibility index (Phi) is 5.42. The van der Waals surface area contributed by atoms with Crippen molar-refractivity contribution in [2.45, 2.75) is 26.4 Å². The third-order valence-corrected chi connectivity index (χ3v) is 7.74. The number of H-pyrrole nitrogens is 1. The average Bonchev–Trinajstić information content (AvgIpc) is 3.58. The van der Waals surface area contributed by atoms with Crippen molar-refractivity contribution < 1.29 is 4.79 Å². The van der Waals surface area contributed by atoms with E-state index in [4.69, 9.17) is 16.6 Å². The van der Waals surface area contributed by atoms with Gasteiger partial charge in [0.05, 0.1) is 22.9 Å². The van der Waals surface area contributed by atoms with Crippen LogP contribution in [0.1, 0.15) is 12.5 Å². The Morgan fingerprint density at radius 3 is 2.97 bits per heavy atom. The zero-order valence-corrected chi connectivity index (χ0v) is 20.8. The Balaban J connectivity index is 1.19. The van der Waals surface area contributed by atoms with Crippen LogP contribution in [0.15, 0.2) is 42.3 Å². The largest absolute Gasteiger partial charge is 0.358 e. The van der Waals surface area contributed by atoms with Crippen molar-refractivity contribution in [1.29, 1.82) is 0 Å². The second-order valence-electron chi connectivity index (χ2n) is 8.81. The predicted octanol–water partition coefficient (Wildman–Crippen LogP) is 4.13. The first-order chi connectivity index (χ1) is 17.0. The van der Waals surface area contributed by atoms with Gasteiger partial charge in [0, 0.05) is 36.9 Å². The van der Waals surface area contributed by atoms with Crippen molar-refractivity contribution in [2.75, 3.05) is 24.5 Å². The van der Waals surface area contributed by atoms with Crippen LogP contribution in [0.2, 0.25) is 5.02 Å². The molecule has 1 aliphatic rings. The molecule has 0 bridgehead atoms. The molecule has 1 fully saturated rings. The van der Waals surface area contributed by atoms with Crippen molar-refractivity contribution >= 4 is 56.0 Å². The summed E-state index contributed by atoms with van der Waals surface area (Å²) in [6.07, 6.45) is 3.40. The molecule has 1 amide bonds. The van der Waals surface area contributed by atoms with Crippen molar-refractivity contribution in [3.05, 3.63) is 52.9 Å². The summed E-state index contributed by atoms with van der Waals surface area (Å²) in [7, 11) is 0. The highest BCUT2D eigenvalue weighted by Crippen LogP contribution is 2.35. The molecule has 5 aromatic rings. The van der Waals surface area contributed by atoms with Crippen LogP contribution in [-0.4, -0.2) is 66.0 Å². The van der Waals surface area contributed by atoms with Crippen LogP contribution in [0, 0.1) is 6.92 Å². The highest BCUT2D eigenvalue weighted by Gasteiger charge is 2.30. The van der Waals surface area contributed by atoms with Gasteiger partial charge in [-0.2, -0.15) is 0 Å². The van der Waals surface area contributed by atoms with E-state index in [0.717, 1.165) is 57.4 Å². The van der Waals surface area contributed by atoms with Crippen LogP contribution in [0.25, 0.3) is 33.7 Å². The lowest BCUT2D eigenvalue weighted by atomic mass is 10.2. The minimum Gasteiger partial charge on any atom is -0.358 e. The number of imidazole rings is 2. The minimum absolute atomic E-state index is 0.0473. The summed E-state index contributed by atoms with van der Waals surface area (Å²) in [5, 5.41) is 1.75. The molecule has 35 heavy (non-hydrogen) atoms. The molecule has 0 aliphatic carbocycles. The van der Waals surface area contributed by atoms with E-state index in [1.165, 1.54) is 0 Å². The Hall–Kier alpha value is -3.50. The van der Waals surface area contributed by atoms with Crippen molar-refractivity contribution in [1.82, 2.24) is 34.4 Å². The predicted molar refractivity (Wildman–Crippen MR) is 138 cm³/mol. The Morgan fingerprint density at radius 1 is 1.23 bits per heavy atom. The van der Waals surface area contributed by atoms with E-state index in [1.807, 2.05) is 46.2 Å². The summed E-state index contributed by atoms with van der Waals surface area (Å²) in [5.41, 5.74) is 6.94. The maximum atomic E-state index is 13.2. The second-order valence-corrected chi connectivity index (χ2v) is 10.1. The van der Waals surface area contributed by atoms with Crippen molar-refractivity contribution in [3.63, 3.8) is 0 Å². The zero-order chi connectivity index (χ0) is 24.1. The fourth-order valence-corrected chi connectivity index (χ4v) is 5.63. The number of anilines is 1. The molecule has 6 rings (SSSR count). The standard InChI is InChI=1S/C24H23ClN8OS/c1-14-8-18-19(9-16(14)25)30-22(29-18)21-24(35-13-28-21)31-6-7-33(15(2)10-31)20(34)11-32-12-27-17-4-3-5-26-23(17)32/h3-5,8-9,12-13,15H,6-7,10-11H2,1-2H3,(H,29,30). The molecule has 178 valence electrons.